The molecule has 1 aromatic rings. The summed E-state index contributed by atoms with van der Waals surface area (Å²) in [5.74, 6) is 0.832. The van der Waals surface area contributed by atoms with Gasteiger partial charge in [-0.25, -0.2) is 0 Å². The summed E-state index contributed by atoms with van der Waals surface area (Å²) < 4.78 is 0. The van der Waals surface area contributed by atoms with Crippen LogP contribution in [-0.2, 0) is 0 Å². The normalized spacial score (nSPS) is 10.6. The van der Waals surface area contributed by atoms with Crippen LogP contribution in [0.1, 0.15) is 37.0 Å². The Hall–Kier alpha value is -1.31. The smallest absolute Gasteiger partial charge is 0.162 e. The summed E-state index contributed by atoms with van der Waals surface area (Å²) in [5.41, 5.74) is 1.90. The van der Waals surface area contributed by atoms with Crippen molar-refractivity contribution < 1.29 is 4.79 Å². The van der Waals surface area contributed by atoms with Gasteiger partial charge >= 0.3 is 0 Å². The first-order chi connectivity index (χ1) is 7.50. The number of ketones is 1. The second kappa shape index (κ2) is 5.69. The molecule has 0 saturated heterocycles. The molecule has 0 spiro atoms. The van der Waals surface area contributed by atoms with Gasteiger partial charge in [-0.05, 0) is 24.5 Å². The molecule has 1 aromatic carbocycles. The van der Waals surface area contributed by atoms with E-state index in [1.807, 2.05) is 43.3 Å². The first kappa shape index (κ1) is 12.8. The number of nitrogens with zero attached hydrogens (tertiary/aromatic N) is 1. The van der Waals surface area contributed by atoms with Crippen molar-refractivity contribution in [2.24, 2.45) is 5.92 Å². The fourth-order valence-electron chi connectivity index (χ4n) is 1.52. The van der Waals surface area contributed by atoms with E-state index in [1.165, 1.54) is 0 Å². The highest BCUT2D eigenvalue weighted by molar-refractivity contribution is 5.96. The van der Waals surface area contributed by atoms with Crippen LogP contribution in [0, 0.1) is 5.92 Å². The first-order valence-electron chi connectivity index (χ1n) is 5.81. The van der Waals surface area contributed by atoms with Crippen molar-refractivity contribution in [1.29, 1.82) is 0 Å². The number of rotatable bonds is 5. The average molecular weight is 219 g/mol. The molecule has 0 aliphatic heterocycles. The molecule has 0 aromatic heterocycles. The molecule has 0 saturated carbocycles. The third-order valence-electron chi connectivity index (χ3n) is 2.63. The Balaban J connectivity index is 2.72. The fourth-order valence-corrected chi connectivity index (χ4v) is 1.52. The Bertz CT molecular complexity index is 356. The van der Waals surface area contributed by atoms with Gasteiger partial charge in [0.1, 0.15) is 0 Å². The molecular weight excluding hydrogens is 198 g/mol. The molecule has 0 N–H and O–H groups in total. The highest BCUT2D eigenvalue weighted by atomic mass is 16.1. The average Bonchev–Trinajstić information content (AvgIpc) is 2.26. The molecule has 0 aliphatic rings. The quantitative estimate of drug-likeness (QED) is 0.708. The highest BCUT2D eigenvalue weighted by Gasteiger charge is 2.07. The molecule has 16 heavy (non-hydrogen) atoms. The van der Waals surface area contributed by atoms with Crippen molar-refractivity contribution in [2.45, 2.75) is 26.7 Å². The number of carbonyl (C=O) groups excluding carboxylic acids is 1. The summed E-state index contributed by atoms with van der Waals surface area (Å²) in [6.45, 7) is 4.28. The van der Waals surface area contributed by atoms with Gasteiger partial charge in [-0.15, -0.1) is 0 Å². The minimum atomic E-state index is 0.248. The Morgan fingerprint density at radius 2 is 2.00 bits per heavy atom. The summed E-state index contributed by atoms with van der Waals surface area (Å²) in [4.78, 5) is 13.9. The largest absolute Gasteiger partial charge is 0.378 e. The predicted molar refractivity (Wildman–Crippen MR) is 69.2 cm³/mol. The Morgan fingerprint density at radius 1 is 1.31 bits per heavy atom. The Morgan fingerprint density at radius 3 is 2.56 bits per heavy atom. The topological polar surface area (TPSA) is 20.3 Å². The maximum Gasteiger partial charge on any atom is 0.162 e. The minimum Gasteiger partial charge on any atom is -0.378 e. The summed E-state index contributed by atoms with van der Waals surface area (Å²) >= 11 is 0. The number of Topliss-reactive ketones (excluding diaryl/α,β-unsaturated/α-hetero) is 1. The van der Waals surface area contributed by atoms with E-state index in [4.69, 9.17) is 0 Å². The van der Waals surface area contributed by atoms with Crippen molar-refractivity contribution in [3.05, 3.63) is 29.8 Å². The van der Waals surface area contributed by atoms with Gasteiger partial charge in [-0.1, -0.05) is 26.0 Å². The summed E-state index contributed by atoms with van der Waals surface area (Å²) in [6, 6.07) is 7.81. The van der Waals surface area contributed by atoms with E-state index >= 15 is 0 Å². The zero-order valence-corrected chi connectivity index (χ0v) is 10.7. The molecule has 2 nitrogen and oxygen atoms in total. The second-order valence-corrected chi connectivity index (χ2v) is 4.80. The second-order valence-electron chi connectivity index (χ2n) is 4.80. The number of carbonyl (C=O) groups is 1. The lowest BCUT2D eigenvalue weighted by molar-refractivity contribution is 0.0975. The van der Waals surface area contributed by atoms with Gasteiger partial charge < -0.3 is 4.90 Å². The van der Waals surface area contributed by atoms with Gasteiger partial charge in [0.25, 0.3) is 0 Å². The van der Waals surface area contributed by atoms with Gasteiger partial charge in [-0.2, -0.15) is 0 Å². The van der Waals surface area contributed by atoms with E-state index in [-0.39, 0.29) is 5.78 Å². The lowest BCUT2D eigenvalue weighted by Crippen LogP contribution is -2.10. The maximum atomic E-state index is 11.9. The van der Waals surface area contributed by atoms with E-state index in [0.29, 0.717) is 12.3 Å². The van der Waals surface area contributed by atoms with Crippen molar-refractivity contribution in [2.75, 3.05) is 19.0 Å². The minimum absolute atomic E-state index is 0.248. The Kier molecular flexibility index (Phi) is 4.53. The Labute approximate surface area is 98.3 Å². The molecule has 1 rings (SSSR count). The van der Waals surface area contributed by atoms with Gasteiger partial charge in [-0.3, -0.25) is 4.79 Å². The van der Waals surface area contributed by atoms with E-state index in [1.54, 1.807) is 0 Å². The number of hydrogen-bond acceptors (Lipinski definition) is 2. The van der Waals surface area contributed by atoms with Crippen LogP contribution in [0.15, 0.2) is 24.3 Å². The lowest BCUT2D eigenvalue weighted by atomic mass is 10.0. The third-order valence-corrected chi connectivity index (χ3v) is 2.63. The molecule has 0 unspecified atom stereocenters. The lowest BCUT2D eigenvalue weighted by Gasteiger charge is -2.13. The summed E-state index contributed by atoms with van der Waals surface area (Å²) in [7, 11) is 3.97. The van der Waals surface area contributed by atoms with Crippen LogP contribution in [-0.4, -0.2) is 19.9 Å². The zero-order valence-electron chi connectivity index (χ0n) is 10.7. The summed E-state index contributed by atoms with van der Waals surface area (Å²) in [5, 5.41) is 0. The van der Waals surface area contributed by atoms with Crippen LogP contribution in [0.3, 0.4) is 0 Å². The van der Waals surface area contributed by atoms with E-state index in [0.717, 1.165) is 17.7 Å². The van der Waals surface area contributed by atoms with Crippen LogP contribution < -0.4 is 4.90 Å². The predicted octanol–water partition coefficient (Wildman–Crippen LogP) is 3.37. The first-order valence-corrected chi connectivity index (χ1v) is 5.81. The molecule has 0 amide bonds. The highest BCUT2D eigenvalue weighted by Crippen LogP contribution is 2.16. The molecule has 0 fully saturated rings. The molecular formula is C14H21NO. The van der Waals surface area contributed by atoms with Crippen molar-refractivity contribution >= 4 is 11.5 Å². The van der Waals surface area contributed by atoms with Gasteiger partial charge in [0.15, 0.2) is 5.78 Å². The summed E-state index contributed by atoms with van der Waals surface area (Å²) in [6.07, 6.45) is 1.61. The van der Waals surface area contributed by atoms with Gasteiger partial charge in [0.05, 0.1) is 0 Å². The van der Waals surface area contributed by atoms with Crippen molar-refractivity contribution in [3.8, 4) is 0 Å². The van der Waals surface area contributed by atoms with Crippen LogP contribution in [0.4, 0.5) is 5.69 Å². The van der Waals surface area contributed by atoms with Gasteiger partial charge in [0, 0.05) is 31.8 Å². The van der Waals surface area contributed by atoms with E-state index < -0.39 is 0 Å². The molecule has 0 bridgehead atoms. The van der Waals surface area contributed by atoms with Crippen LogP contribution in [0.2, 0.25) is 0 Å². The number of hydrogen-bond donors (Lipinski definition) is 0. The van der Waals surface area contributed by atoms with Crippen molar-refractivity contribution in [1.82, 2.24) is 0 Å². The number of benzene rings is 1. The van der Waals surface area contributed by atoms with Gasteiger partial charge in [0.2, 0.25) is 0 Å². The van der Waals surface area contributed by atoms with Crippen molar-refractivity contribution in [3.63, 3.8) is 0 Å². The maximum absolute atomic E-state index is 11.9. The molecule has 0 radical (unpaired) electrons. The van der Waals surface area contributed by atoms with Crippen LogP contribution in [0.5, 0.6) is 0 Å². The molecule has 0 heterocycles. The third kappa shape index (κ3) is 3.69. The van der Waals surface area contributed by atoms with E-state index in [2.05, 4.69) is 13.8 Å². The van der Waals surface area contributed by atoms with E-state index in [9.17, 15) is 4.79 Å². The molecule has 2 heteroatoms. The SMILES string of the molecule is CC(C)CCC(=O)c1cccc(N(C)C)c1. The fraction of sp³-hybridized carbons (Fsp3) is 0.500. The monoisotopic (exact) mass is 219 g/mol. The van der Waals surface area contributed by atoms with Crippen LogP contribution >= 0.6 is 0 Å². The molecule has 0 aliphatic carbocycles. The molecule has 0 atom stereocenters. The standard InChI is InChI=1S/C14H21NO/c1-11(2)8-9-14(16)12-6-5-7-13(10-12)15(3)4/h5-7,10-11H,8-9H2,1-4H3. The van der Waals surface area contributed by atoms with Crippen LogP contribution in [0.25, 0.3) is 0 Å². The molecule has 88 valence electrons. The number of anilines is 1. The zero-order chi connectivity index (χ0) is 12.1.